The van der Waals surface area contributed by atoms with Crippen molar-refractivity contribution in [3.05, 3.63) is 29.3 Å². The molecular weight excluding hydrogens is 234 g/mol. The number of hydrogen-bond donors (Lipinski definition) is 0. The molecule has 1 nitrogen and oxygen atoms in total. The summed E-state index contributed by atoms with van der Waals surface area (Å²) in [6.07, 6.45) is 4.84. The van der Waals surface area contributed by atoms with Crippen LogP contribution in [0.3, 0.4) is 0 Å². The van der Waals surface area contributed by atoms with E-state index in [0.717, 1.165) is 16.9 Å². The van der Waals surface area contributed by atoms with Gasteiger partial charge in [-0.2, -0.15) is 0 Å². The number of benzene rings is 1. The van der Waals surface area contributed by atoms with Crippen molar-refractivity contribution >= 4 is 34.2 Å². The quantitative estimate of drug-likeness (QED) is 0.671. The van der Waals surface area contributed by atoms with Gasteiger partial charge in [-0.3, -0.25) is 0 Å². The number of unbranched alkanes of at least 4 members (excludes halogenated alkanes) is 2. The predicted octanol–water partition coefficient (Wildman–Crippen LogP) is 5.12. The molecule has 85 valence electrons. The fraction of sp³-hybridized carbons (Fsp3) is 0.462. The van der Waals surface area contributed by atoms with E-state index in [1.54, 1.807) is 11.3 Å². The third-order valence-corrected chi connectivity index (χ3v) is 4.41. The van der Waals surface area contributed by atoms with Crippen molar-refractivity contribution in [3.63, 3.8) is 0 Å². The Morgan fingerprint density at radius 3 is 2.88 bits per heavy atom. The number of hydrogen-bond acceptors (Lipinski definition) is 2. The molecule has 2 aromatic rings. The zero-order valence-corrected chi connectivity index (χ0v) is 11.1. The zero-order valence-electron chi connectivity index (χ0n) is 9.48. The van der Waals surface area contributed by atoms with Gasteiger partial charge in [0.05, 0.1) is 15.5 Å². The van der Waals surface area contributed by atoms with E-state index in [9.17, 15) is 0 Å². The summed E-state index contributed by atoms with van der Waals surface area (Å²) in [6.45, 7) is 2.22. The van der Waals surface area contributed by atoms with Gasteiger partial charge in [0.2, 0.25) is 0 Å². The van der Waals surface area contributed by atoms with Crippen molar-refractivity contribution in [2.75, 3.05) is 0 Å². The molecule has 1 radical (unpaired) electrons. The molecule has 0 saturated heterocycles. The summed E-state index contributed by atoms with van der Waals surface area (Å²) in [4.78, 5) is 4.61. The van der Waals surface area contributed by atoms with Crippen LogP contribution in [0.1, 0.15) is 42.9 Å². The fourth-order valence-corrected chi connectivity index (χ4v) is 3.08. The molecule has 1 unspecified atom stereocenters. The first-order valence-corrected chi connectivity index (χ1v) is 7.11. The van der Waals surface area contributed by atoms with Gasteiger partial charge in [-0.25, -0.2) is 4.98 Å². The molecule has 1 aromatic carbocycles. The van der Waals surface area contributed by atoms with E-state index in [1.807, 2.05) is 6.07 Å². The first kappa shape index (κ1) is 11.9. The maximum atomic E-state index is 5.51. The van der Waals surface area contributed by atoms with E-state index >= 15 is 0 Å². The Labute approximate surface area is 106 Å². The van der Waals surface area contributed by atoms with E-state index in [1.165, 1.54) is 24.0 Å². The lowest BCUT2D eigenvalue weighted by molar-refractivity contribution is 0.660. The summed E-state index contributed by atoms with van der Waals surface area (Å²) in [5.74, 6) is 0. The minimum atomic E-state index is 0.198. The first-order chi connectivity index (χ1) is 7.81. The highest BCUT2D eigenvalue weighted by atomic mass is 32.1. The summed E-state index contributed by atoms with van der Waals surface area (Å²) >= 11 is 7.25. The van der Waals surface area contributed by atoms with Crippen molar-refractivity contribution in [1.29, 1.82) is 0 Å². The summed E-state index contributed by atoms with van der Waals surface area (Å²) in [5.41, 5.74) is 1.09. The third kappa shape index (κ3) is 2.77. The predicted molar refractivity (Wildman–Crippen MR) is 74.1 cm³/mol. The van der Waals surface area contributed by atoms with Gasteiger partial charge in [-0.05, 0) is 18.6 Å². The van der Waals surface area contributed by atoms with Gasteiger partial charge in [0, 0.05) is 0 Å². The second kappa shape index (κ2) is 5.69. The monoisotopic (exact) mass is 250 g/mol. The lowest BCUT2D eigenvalue weighted by Crippen LogP contribution is -1.89. The second-order valence-electron chi connectivity index (χ2n) is 4.00. The molecule has 2 rings (SSSR count). The van der Waals surface area contributed by atoms with E-state index in [0.29, 0.717) is 0 Å². The van der Waals surface area contributed by atoms with Crippen LogP contribution in [0.4, 0.5) is 0 Å². The molecule has 0 aliphatic rings. The Morgan fingerprint density at radius 2 is 2.12 bits per heavy atom. The van der Waals surface area contributed by atoms with Gasteiger partial charge in [-0.15, -0.1) is 11.3 Å². The van der Waals surface area contributed by atoms with E-state index in [-0.39, 0.29) is 5.25 Å². The van der Waals surface area contributed by atoms with E-state index in [2.05, 4.69) is 30.1 Å². The van der Waals surface area contributed by atoms with Crippen LogP contribution in [0.15, 0.2) is 24.3 Å². The number of rotatable bonds is 5. The van der Waals surface area contributed by atoms with Crippen LogP contribution in [0.5, 0.6) is 0 Å². The van der Waals surface area contributed by atoms with Gasteiger partial charge in [0.15, 0.2) is 0 Å². The Kier molecular flexibility index (Phi) is 4.24. The van der Waals surface area contributed by atoms with Crippen LogP contribution >= 0.6 is 24.0 Å². The number of para-hydroxylation sites is 1. The highest BCUT2D eigenvalue weighted by Gasteiger charge is 2.12. The van der Waals surface area contributed by atoms with E-state index < -0.39 is 0 Å². The minimum absolute atomic E-state index is 0.198. The molecule has 0 aliphatic carbocycles. The largest absolute Gasteiger partial charge is 0.240 e. The van der Waals surface area contributed by atoms with Gasteiger partial charge in [-0.1, -0.05) is 50.9 Å². The molecule has 1 heterocycles. The molecule has 0 bridgehead atoms. The number of aromatic nitrogens is 1. The van der Waals surface area contributed by atoms with Gasteiger partial charge >= 0.3 is 0 Å². The molecule has 0 fully saturated rings. The van der Waals surface area contributed by atoms with Crippen LogP contribution < -0.4 is 0 Å². The standard InChI is InChI=1S/C13H16NS2/c1-2-3-4-8-11(15)13-14-10-7-5-6-9-12(10)16-13/h5-7,9,11H,2-4,8H2,1H3. The van der Waals surface area contributed by atoms with Crippen LogP contribution in [0.2, 0.25) is 0 Å². The third-order valence-electron chi connectivity index (χ3n) is 2.66. The Bertz CT molecular complexity index is 417. The van der Waals surface area contributed by atoms with Gasteiger partial charge in [0.1, 0.15) is 5.01 Å². The summed E-state index contributed by atoms with van der Waals surface area (Å²) in [5, 5.41) is 1.32. The fourth-order valence-electron chi connectivity index (χ4n) is 1.73. The minimum Gasteiger partial charge on any atom is -0.240 e. The smallest absolute Gasteiger partial charge is 0.108 e. The lowest BCUT2D eigenvalue weighted by Gasteiger charge is -2.04. The molecule has 0 saturated carbocycles. The molecule has 3 heteroatoms. The average molecular weight is 250 g/mol. The second-order valence-corrected chi connectivity index (χ2v) is 5.64. The van der Waals surface area contributed by atoms with Crippen LogP contribution in [-0.4, -0.2) is 4.98 Å². The molecule has 0 amide bonds. The number of fused-ring (bicyclic) bond motifs is 1. The van der Waals surface area contributed by atoms with Crippen molar-refractivity contribution < 1.29 is 0 Å². The molecule has 1 atom stereocenters. The summed E-state index contributed by atoms with van der Waals surface area (Å²) < 4.78 is 1.25. The topological polar surface area (TPSA) is 12.9 Å². The molecule has 0 spiro atoms. The first-order valence-electron chi connectivity index (χ1n) is 5.82. The average Bonchev–Trinajstić information content (AvgIpc) is 2.73. The molecule has 1 aromatic heterocycles. The summed E-state index contributed by atoms with van der Waals surface area (Å²) in [6, 6.07) is 8.26. The van der Waals surface area contributed by atoms with Crippen LogP contribution in [0, 0.1) is 0 Å². The molecule has 0 aliphatic heterocycles. The highest BCUT2D eigenvalue weighted by molar-refractivity contribution is 7.80. The van der Waals surface area contributed by atoms with Crippen molar-refractivity contribution in [2.24, 2.45) is 0 Å². The van der Waals surface area contributed by atoms with Crippen molar-refractivity contribution in [2.45, 2.75) is 37.9 Å². The molecule has 0 N–H and O–H groups in total. The molecular formula is C13H16NS2. The number of nitrogens with zero attached hydrogens (tertiary/aromatic N) is 1. The Morgan fingerprint density at radius 1 is 1.31 bits per heavy atom. The lowest BCUT2D eigenvalue weighted by atomic mass is 10.1. The SMILES string of the molecule is CCCCCC([S])c1nc2ccccc2s1. The maximum Gasteiger partial charge on any atom is 0.108 e. The van der Waals surface area contributed by atoms with Crippen molar-refractivity contribution in [1.82, 2.24) is 4.98 Å². The van der Waals surface area contributed by atoms with Gasteiger partial charge in [0.25, 0.3) is 0 Å². The van der Waals surface area contributed by atoms with Crippen molar-refractivity contribution in [3.8, 4) is 0 Å². The van der Waals surface area contributed by atoms with Gasteiger partial charge < -0.3 is 0 Å². The zero-order chi connectivity index (χ0) is 11.4. The Balaban J connectivity index is 2.07. The molecule has 16 heavy (non-hydrogen) atoms. The normalized spacial score (nSPS) is 13.1. The maximum absolute atomic E-state index is 5.51. The highest BCUT2D eigenvalue weighted by Crippen LogP contribution is 2.32. The summed E-state index contributed by atoms with van der Waals surface area (Å²) in [7, 11) is 0. The Hall–Kier alpha value is -0.540. The van der Waals surface area contributed by atoms with Crippen LogP contribution in [0.25, 0.3) is 10.2 Å². The van der Waals surface area contributed by atoms with E-state index in [4.69, 9.17) is 12.6 Å². The number of thiazole rings is 1. The van der Waals surface area contributed by atoms with Crippen LogP contribution in [-0.2, 0) is 0 Å².